The van der Waals surface area contributed by atoms with Crippen molar-refractivity contribution in [1.82, 2.24) is 5.43 Å². The molecule has 4 aromatic rings. The van der Waals surface area contributed by atoms with Gasteiger partial charge in [-0.25, -0.2) is 18.6 Å². The molecule has 0 saturated heterocycles. The second-order valence-corrected chi connectivity index (χ2v) is 10.5. The number of nitrogens with zero attached hydrogens (tertiary/aromatic N) is 1. The number of ether oxygens (including phenoxy) is 2. The number of amides is 1. The molecule has 0 aliphatic carbocycles. The number of halogens is 1. The van der Waals surface area contributed by atoms with Crippen LogP contribution in [0.3, 0.4) is 0 Å². The van der Waals surface area contributed by atoms with E-state index in [0.717, 1.165) is 5.56 Å². The molecule has 1 amide bonds. The Morgan fingerprint density at radius 1 is 0.875 bits per heavy atom. The van der Waals surface area contributed by atoms with Crippen LogP contribution in [0.4, 0.5) is 5.69 Å². The zero-order valence-electron chi connectivity index (χ0n) is 21.2. The number of hydrazone groups is 1. The molecule has 0 unspecified atom stereocenters. The summed E-state index contributed by atoms with van der Waals surface area (Å²) < 4.78 is 38.1. The number of nitrogens with one attached hydrogen (secondary N) is 2. The fourth-order valence-electron chi connectivity index (χ4n) is 3.48. The van der Waals surface area contributed by atoms with Gasteiger partial charge in [0.15, 0.2) is 0 Å². The highest BCUT2D eigenvalue weighted by Gasteiger charge is 2.14. The maximum Gasteiger partial charge on any atom is 0.337 e. The van der Waals surface area contributed by atoms with Gasteiger partial charge >= 0.3 is 5.97 Å². The number of hydrogen-bond donors (Lipinski definition) is 2. The molecule has 0 fully saturated rings. The molecule has 0 heterocycles. The number of esters is 1. The van der Waals surface area contributed by atoms with Crippen molar-refractivity contribution in [3.05, 3.63) is 124 Å². The number of para-hydroxylation sites is 1. The van der Waals surface area contributed by atoms with Crippen LogP contribution in [0.1, 0.15) is 31.8 Å². The van der Waals surface area contributed by atoms with E-state index in [1.165, 1.54) is 61.9 Å². The number of sulfonamides is 1. The molecular weight excluding hydrogens is 554 g/mol. The molecule has 0 spiro atoms. The molecule has 11 heteroatoms. The summed E-state index contributed by atoms with van der Waals surface area (Å²) in [5.74, 6) is -0.340. The summed E-state index contributed by atoms with van der Waals surface area (Å²) in [6.07, 6.45) is 1.46. The zero-order chi connectivity index (χ0) is 28.5. The molecule has 0 atom stereocenters. The highest BCUT2D eigenvalue weighted by Crippen LogP contribution is 2.20. The van der Waals surface area contributed by atoms with Gasteiger partial charge < -0.3 is 9.47 Å². The monoisotopic (exact) mass is 577 g/mol. The van der Waals surface area contributed by atoms with E-state index >= 15 is 0 Å². The van der Waals surface area contributed by atoms with Crippen LogP contribution >= 0.6 is 11.6 Å². The highest BCUT2D eigenvalue weighted by atomic mass is 35.5. The minimum atomic E-state index is -3.80. The van der Waals surface area contributed by atoms with E-state index in [4.69, 9.17) is 21.1 Å². The number of benzene rings is 4. The van der Waals surface area contributed by atoms with Crippen molar-refractivity contribution in [1.29, 1.82) is 0 Å². The maximum atomic E-state index is 12.5. The Morgan fingerprint density at radius 2 is 1.52 bits per heavy atom. The number of anilines is 1. The number of methoxy groups -OCH3 is 1. The van der Waals surface area contributed by atoms with Crippen LogP contribution in [0.2, 0.25) is 5.02 Å². The third kappa shape index (κ3) is 7.46. The second-order valence-electron chi connectivity index (χ2n) is 8.35. The molecule has 4 rings (SSSR count). The van der Waals surface area contributed by atoms with Crippen LogP contribution in [0.5, 0.6) is 5.75 Å². The van der Waals surface area contributed by atoms with E-state index in [-0.39, 0.29) is 17.1 Å². The molecule has 0 aromatic heterocycles. The van der Waals surface area contributed by atoms with E-state index < -0.39 is 21.9 Å². The van der Waals surface area contributed by atoms with Gasteiger partial charge in [0.1, 0.15) is 12.4 Å². The summed E-state index contributed by atoms with van der Waals surface area (Å²) in [5.41, 5.74) is 4.97. The largest absolute Gasteiger partial charge is 0.488 e. The Bertz CT molecular complexity index is 1620. The van der Waals surface area contributed by atoms with Gasteiger partial charge in [0.05, 0.1) is 23.8 Å². The molecule has 204 valence electrons. The third-order valence-corrected chi connectivity index (χ3v) is 7.23. The minimum absolute atomic E-state index is 0.0637. The summed E-state index contributed by atoms with van der Waals surface area (Å²) in [4.78, 5) is 24.2. The molecule has 0 aliphatic heterocycles. The molecule has 40 heavy (non-hydrogen) atoms. The molecule has 4 aromatic carbocycles. The minimum Gasteiger partial charge on any atom is -0.488 e. The normalized spacial score (nSPS) is 11.2. The topological polar surface area (TPSA) is 123 Å². The molecular formula is C29H24ClN3O6S. The van der Waals surface area contributed by atoms with Crippen LogP contribution in [0.25, 0.3) is 0 Å². The number of carbonyl (C=O) groups is 2. The molecule has 0 aliphatic rings. The van der Waals surface area contributed by atoms with Crippen molar-refractivity contribution < 1.29 is 27.5 Å². The van der Waals surface area contributed by atoms with Gasteiger partial charge in [-0.05, 0) is 78.4 Å². The molecule has 0 bridgehead atoms. The van der Waals surface area contributed by atoms with Gasteiger partial charge in [0.2, 0.25) is 0 Å². The lowest BCUT2D eigenvalue weighted by Gasteiger charge is -2.10. The lowest BCUT2D eigenvalue weighted by Crippen LogP contribution is -2.18. The van der Waals surface area contributed by atoms with Crippen molar-refractivity contribution >= 4 is 45.4 Å². The van der Waals surface area contributed by atoms with E-state index in [2.05, 4.69) is 15.2 Å². The first-order valence-electron chi connectivity index (χ1n) is 11.9. The van der Waals surface area contributed by atoms with E-state index in [9.17, 15) is 18.0 Å². The Morgan fingerprint density at radius 3 is 2.20 bits per heavy atom. The van der Waals surface area contributed by atoms with Crippen molar-refractivity contribution in [3.8, 4) is 5.75 Å². The standard InChI is InChI=1S/C29H24ClN3O6S/c1-38-29(35)22-8-6-20(7-9-22)19-39-27-5-3-2-4-23(27)18-31-32-28(34)21-10-14-25(15-11-21)33-40(36,37)26-16-12-24(30)13-17-26/h2-18,33H,19H2,1H3,(H,32,34)/b31-18-. The van der Waals surface area contributed by atoms with Gasteiger partial charge in [-0.2, -0.15) is 5.10 Å². The Hall–Kier alpha value is -4.67. The van der Waals surface area contributed by atoms with E-state index in [1.54, 1.807) is 36.4 Å². The first-order chi connectivity index (χ1) is 19.2. The first kappa shape index (κ1) is 28.3. The quantitative estimate of drug-likeness (QED) is 0.150. The van der Waals surface area contributed by atoms with E-state index in [1.807, 2.05) is 12.1 Å². The van der Waals surface area contributed by atoms with Crippen LogP contribution in [0, 0.1) is 0 Å². The third-order valence-electron chi connectivity index (χ3n) is 5.58. The van der Waals surface area contributed by atoms with Crippen LogP contribution in [-0.2, 0) is 21.4 Å². The fraction of sp³-hybridized carbons (Fsp3) is 0.0690. The van der Waals surface area contributed by atoms with Gasteiger partial charge in [0, 0.05) is 21.8 Å². The predicted octanol–water partition coefficient (Wildman–Crippen LogP) is 5.27. The lowest BCUT2D eigenvalue weighted by molar-refractivity contribution is 0.0600. The first-order valence-corrected chi connectivity index (χ1v) is 13.7. The summed E-state index contributed by atoms with van der Waals surface area (Å²) in [5, 5.41) is 4.45. The van der Waals surface area contributed by atoms with Crippen molar-refractivity contribution in [2.45, 2.75) is 11.5 Å². The predicted molar refractivity (Wildman–Crippen MR) is 152 cm³/mol. The lowest BCUT2D eigenvalue weighted by atomic mass is 10.1. The molecule has 9 nitrogen and oxygen atoms in total. The van der Waals surface area contributed by atoms with Crippen molar-refractivity contribution in [2.24, 2.45) is 5.10 Å². The summed E-state index contributed by atoms with van der Waals surface area (Å²) >= 11 is 5.82. The average Bonchev–Trinajstić information content (AvgIpc) is 2.97. The zero-order valence-corrected chi connectivity index (χ0v) is 22.8. The van der Waals surface area contributed by atoms with Crippen LogP contribution < -0.4 is 14.9 Å². The number of hydrogen-bond acceptors (Lipinski definition) is 7. The maximum absolute atomic E-state index is 12.5. The highest BCUT2D eigenvalue weighted by molar-refractivity contribution is 7.92. The van der Waals surface area contributed by atoms with Crippen LogP contribution in [0.15, 0.2) is 107 Å². The van der Waals surface area contributed by atoms with Crippen LogP contribution in [-0.4, -0.2) is 33.6 Å². The smallest absolute Gasteiger partial charge is 0.337 e. The van der Waals surface area contributed by atoms with Gasteiger partial charge in [0.25, 0.3) is 15.9 Å². The van der Waals surface area contributed by atoms with Crippen molar-refractivity contribution in [2.75, 3.05) is 11.8 Å². The number of rotatable bonds is 10. The average molecular weight is 578 g/mol. The summed E-state index contributed by atoms with van der Waals surface area (Å²) in [7, 11) is -2.48. The molecule has 2 N–H and O–H groups in total. The summed E-state index contributed by atoms with van der Waals surface area (Å²) in [6.45, 7) is 0.257. The molecule has 0 saturated carbocycles. The fourth-order valence-corrected chi connectivity index (χ4v) is 4.66. The molecule has 0 radical (unpaired) electrons. The van der Waals surface area contributed by atoms with Gasteiger partial charge in [-0.1, -0.05) is 35.9 Å². The number of carbonyl (C=O) groups excluding carboxylic acids is 2. The Balaban J connectivity index is 1.34. The second kappa shape index (κ2) is 12.9. The van der Waals surface area contributed by atoms with Crippen molar-refractivity contribution in [3.63, 3.8) is 0 Å². The van der Waals surface area contributed by atoms with Gasteiger partial charge in [-0.3, -0.25) is 9.52 Å². The Labute approximate surface area is 236 Å². The summed E-state index contributed by atoms with van der Waals surface area (Å²) in [6, 6.07) is 25.7. The van der Waals surface area contributed by atoms with Gasteiger partial charge in [-0.15, -0.1) is 0 Å². The van der Waals surface area contributed by atoms with E-state index in [0.29, 0.717) is 27.6 Å². The Kier molecular flexibility index (Phi) is 9.15. The SMILES string of the molecule is COC(=O)c1ccc(COc2ccccc2/C=N\NC(=O)c2ccc(NS(=O)(=O)c3ccc(Cl)cc3)cc2)cc1.